The lowest BCUT2D eigenvalue weighted by molar-refractivity contribution is -0.118. The van der Waals surface area contributed by atoms with Crippen molar-refractivity contribution in [2.24, 2.45) is 0 Å². The minimum Gasteiger partial charge on any atom is -0.484 e. The molecule has 0 unspecified atom stereocenters. The number of anilines is 1. The molecule has 2 rings (SSSR count). The Morgan fingerprint density at radius 1 is 1.13 bits per heavy atom. The highest BCUT2D eigenvalue weighted by atomic mass is 35.5. The quantitative estimate of drug-likeness (QED) is 0.805. The lowest BCUT2D eigenvalue weighted by Gasteiger charge is -2.10. The molecule has 1 amide bonds. The fourth-order valence-corrected chi connectivity index (χ4v) is 2.19. The number of carbonyl (C=O) groups is 2. The summed E-state index contributed by atoms with van der Waals surface area (Å²) in [4.78, 5) is 23.5. The molecule has 23 heavy (non-hydrogen) atoms. The third kappa shape index (κ3) is 4.57. The lowest BCUT2D eigenvalue weighted by Crippen LogP contribution is -2.20. The first kappa shape index (κ1) is 17.0. The van der Waals surface area contributed by atoms with E-state index in [1.807, 2.05) is 13.8 Å². The van der Waals surface area contributed by atoms with Gasteiger partial charge in [-0.25, -0.2) is 0 Å². The third-order valence-electron chi connectivity index (χ3n) is 3.41. The van der Waals surface area contributed by atoms with E-state index in [9.17, 15) is 9.59 Å². The Hall–Kier alpha value is -2.33. The van der Waals surface area contributed by atoms with Gasteiger partial charge in [-0.1, -0.05) is 24.6 Å². The van der Waals surface area contributed by atoms with Crippen LogP contribution in [0.15, 0.2) is 42.5 Å². The van der Waals surface area contributed by atoms with Gasteiger partial charge in [0.2, 0.25) is 0 Å². The van der Waals surface area contributed by atoms with E-state index in [1.165, 1.54) is 0 Å². The van der Waals surface area contributed by atoms with Gasteiger partial charge in [-0.3, -0.25) is 9.59 Å². The van der Waals surface area contributed by atoms with Gasteiger partial charge in [-0.05, 0) is 48.9 Å². The minimum atomic E-state index is -0.274. The molecule has 0 aliphatic carbocycles. The summed E-state index contributed by atoms with van der Waals surface area (Å²) in [6, 6.07) is 12.1. The topological polar surface area (TPSA) is 55.4 Å². The summed E-state index contributed by atoms with van der Waals surface area (Å²) in [7, 11) is 0. The molecule has 2 aromatic rings. The number of hydrogen-bond acceptors (Lipinski definition) is 3. The second-order valence-electron chi connectivity index (χ2n) is 5.05. The molecule has 120 valence electrons. The zero-order valence-electron chi connectivity index (χ0n) is 13.1. The Morgan fingerprint density at radius 2 is 1.83 bits per heavy atom. The van der Waals surface area contributed by atoms with Crippen LogP contribution in [0.5, 0.6) is 5.75 Å². The highest BCUT2D eigenvalue weighted by molar-refractivity contribution is 6.31. The SMILES string of the molecule is CCC(=O)c1ccc(OCC(=O)Nc2cccc(Cl)c2C)cc1. The Labute approximate surface area is 140 Å². The summed E-state index contributed by atoms with van der Waals surface area (Å²) in [5, 5.41) is 3.35. The summed E-state index contributed by atoms with van der Waals surface area (Å²) in [6.45, 7) is 3.53. The number of ether oxygens (including phenoxy) is 1. The molecule has 0 radical (unpaired) electrons. The van der Waals surface area contributed by atoms with Gasteiger partial charge in [0.25, 0.3) is 5.91 Å². The minimum absolute atomic E-state index is 0.0747. The van der Waals surface area contributed by atoms with Gasteiger partial charge in [0, 0.05) is 22.7 Å². The van der Waals surface area contributed by atoms with Crippen LogP contribution in [0.4, 0.5) is 5.69 Å². The number of ketones is 1. The maximum absolute atomic E-state index is 11.9. The standard InChI is InChI=1S/C18H18ClNO3/c1-3-17(21)13-7-9-14(10-8-13)23-11-18(22)20-16-6-4-5-15(19)12(16)2/h4-10H,3,11H2,1-2H3,(H,20,22). The second kappa shape index (κ2) is 7.79. The largest absolute Gasteiger partial charge is 0.484 e. The maximum atomic E-state index is 11.9. The first-order chi connectivity index (χ1) is 11.0. The first-order valence-corrected chi connectivity index (χ1v) is 7.70. The van der Waals surface area contributed by atoms with Crippen molar-refractivity contribution in [3.63, 3.8) is 0 Å². The molecule has 4 nitrogen and oxygen atoms in total. The van der Waals surface area contributed by atoms with Crippen LogP contribution < -0.4 is 10.1 Å². The average molecular weight is 332 g/mol. The van der Waals surface area contributed by atoms with Crippen LogP contribution in [0.25, 0.3) is 0 Å². The van der Waals surface area contributed by atoms with Crippen LogP contribution in [0.3, 0.4) is 0 Å². The van der Waals surface area contributed by atoms with Crippen molar-refractivity contribution >= 4 is 29.0 Å². The van der Waals surface area contributed by atoms with Crippen molar-refractivity contribution in [2.75, 3.05) is 11.9 Å². The molecule has 0 aliphatic rings. The van der Waals surface area contributed by atoms with Crippen molar-refractivity contribution in [1.82, 2.24) is 0 Å². The Balaban J connectivity index is 1.91. The van der Waals surface area contributed by atoms with Gasteiger partial charge >= 0.3 is 0 Å². The summed E-state index contributed by atoms with van der Waals surface area (Å²) in [5.74, 6) is 0.338. The maximum Gasteiger partial charge on any atom is 0.262 e. The number of amides is 1. The van der Waals surface area contributed by atoms with Gasteiger partial charge in [0.15, 0.2) is 12.4 Å². The van der Waals surface area contributed by atoms with Gasteiger partial charge in [0.05, 0.1) is 0 Å². The molecule has 0 saturated carbocycles. The molecular formula is C18H18ClNO3. The fraction of sp³-hybridized carbons (Fsp3) is 0.222. The Morgan fingerprint density at radius 3 is 2.48 bits per heavy atom. The molecule has 0 fully saturated rings. The van der Waals surface area contributed by atoms with Crippen LogP contribution in [-0.4, -0.2) is 18.3 Å². The molecule has 0 atom stereocenters. The van der Waals surface area contributed by atoms with Crippen LogP contribution >= 0.6 is 11.6 Å². The molecule has 0 aromatic heterocycles. The molecule has 0 heterocycles. The van der Waals surface area contributed by atoms with E-state index in [2.05, 4.69) is 5.32 Å². The summed E-state index contributed by atoms with van der Waals surface area (Å²) < 4.78 is 5.42. The van der Waals surface area contributed by atoms with E-state index in [0.29, 0.717) is 28.4 Å². The number of rotatable bonds is 6. The number of halogens is 1. The number of carbonyl (C=O) groups excluding carboxylic acids is 2. The highest BCUT2D eigenvalue weighted by Gasteiger charge is 2.08. The normalized spacial score (nSPS) is 10.2. The zero-order valence-corrected chi connectivity index (χ0v) is 13.8. The van der Waals surface area contributed by atoms with E-state index < -0.39 is 0 Å². The summed E-state index contributed by atoms with van der Waals surface area (Å²) in [6.07, 6.45) is 0.460. The molecule has 0 saturated heterocycles. The third-order valence-corrected chi connectivity index (χ3v) is 3.82. The van der Waals surface area contributed by atoms with Gasteiger partial charge in [-0.15, -0.1) is 0 Å². The first-order valence-electron chi connectivity index (χ1n) is 7.32. The predicted molar refractivity (Wildman–Crippen MR) is 91.4 cm³/mol. The number of nitrogens with one attached hydrogen (secondary N) is 1. The van der Waals surface area contributed by atoms with Crippen LogP contribution in [0.2, 0.25) is 5.02 Å². The fourth-order valence-electron chi connectivity index (χ4n) is 2.02. The van der Waals surface area contributed by atoms with Crippen LogP contribution in [0.1, 0.15) is 29.3 Å². The van der Waals surface area contributed by atoms with Gasteiger partial charge < -0.3 is 10.1 Å². The molecule has 0 aliphatic heterocycles. The molecule has 0 bridgehead atoms. The lowest BCUT2D eigenvalue weighted by atomic mass is 10.1. The molecule has 1 N–H and O–H groups in total. The van der Waals surface area contributed by atoms with Crippen molar-refractivity contribution in [2.45, 2.75) is 20.3 Å². The second-order valence-corrected chi connectivity index (χ2v) is 5.46. The van der Waals surface area contributed by atoms with Crippen molar-refractivity contribution < 1.29 is 14.3 Å². The highest BCUT2D eigenvalue weighted by Crippen LogP contribution is 2.22. The van der Waals surface area contributed by atoms with Crippen molar-refractivity contribution in [3.8, 4) is 5.75 Å². The van der Waals surface area contributed by atoms with Gasteiger partial charge in [0.1, 0.15) is 5.75 Å². The van der Waals surface area contributed by atoms with Gasteiger partial charge in [-0.2, -0.15) is 0 Å². The predicted octanol–water partition coefficient (Wildman–Crippen LogP) is 4.26. The van der Waals surface area contributed by atoms with Crippen LogP contribution in [0, 0.1) is 6.92 Å². The van der Waals surface area contributed by atoms with E-state index in [4.69, 9.17) is 16.3 Å². The number of hydrogen-bond donors (Lipinski definition) is 1. The van der Waals surface area contributed by atoms with Crippen molar-refractivity contribution in [1.29, 1.82) is 0 Å². The zero-order chi connectivity index (χ0) is 16.8. The van der Waals surface area contributed by atoms with E-state index >= 15 is 0 Å². The molecule has 2 aromatic carbocycles. The van der Waals surface area contributed by atoms with E-state index in [0.717, 1.165) is 5.56 Å². The molecular weight excluding hydrogens is 314 g/mol. The van der Waals surface area contributed by atoms with Crippen molar-refractivity contribution in [3.05, 3.63) is 58.6 Å². The summed E-state index contributed by atoms with van der Waals surface area (Å²) >= 11 is 6.01. The van der Waals surface area contributed by atoms with E-state index in [1.54, 1.807) is 42.5 Å². The number of benzene rings is 2. The Kier molecular flexibility index (Phi) is 5.77. The molecule has 5 heteroatoms. The molecule has 0 spiro atoms. The average Bonchev–Trinajstić information content (AvgIpc) is 2.57. The Bertz CT molecular complexity index is 711. The summed E-state index contributed by atoms with van der Waals surface area (Å²) in [5.41, 5.74) is 2.11. The number of Topliss-reactive ketones (excluding diaryl/α,β-unsaturated/α-hetero) is 1. The smallest absolute Gasteiger partial charge is 0.262 e. The monoisotopic (exact) mass is 331 g/mol. The van der Waals surface area contributed by atoms with Crippen LogP contribution in [-0.2, 0) is 4.79 Å². The van der Waals surface area contributed by atoms with E-state index in [-0.39, 0.29) is 18.3 Å².